The molecule has 0 radical (unpaired) electrons. The van der Waals surface area contributed by atoms with Crippen LogP contribution in [0, 0.1) is 5.92 Å². The molecule has 0 aliphatic heterocycles. The number of ether oxygens (including phenoxy) is 1. The van der Waals surface area contributed by atoms with Gasteiger partial charge < -0.3 is 15.2 Å². The third-order valence-electron chi connectivity index (χ3n) is 6.31. The van der Waals surface area contributed by atoms with E-state index in [1.165, 1.54) is 44.1 Å². The summed E-state index contributed by atoms with van der Waals surface area (Å²) < 4.78 is 6.23. The number of carboxylic acid groups (broad SMARTS) is 1. The van der Waals surface area contributed by atoms with Crippen LogP contribution in [0.25, 0.3) is 0 Å². The molecular formula is C22H32N2O3. The van der Waals surface area contributed by atoms with Crippen LogP contribution in [0.2, 0.25) is 0 Å². The Balaban J connectivity index is 1.25. The van der Waals surface area contributed by atoms with Gasteiger partial charge in [0.05, 0.1) is 12.6 Å². The van der Waals surface area contributed by atoms with Crippen LogP contribution in [0.5, 0.6) is 5.75 Å². The van der Waals surface area contributed by atoms with Crippen molar-refractivity contribution in [1.29, 1.82) is 0 Å². The quantitative estimate of drug-likeness (QED) is 0.659. The second-order valence-electron chi connectivity index (χ2n) is 8.60. The van der Waals surface area contributed by atoms with Crippen molar-refractivity contribution in [2.75, 3.05) is 13.1 Å². The molecule has 148 valence electrons. The summed E-state index contributed by atoms with van der Waals surface area (Å²) in [5.41, 5.74) is 1.23. The highest BCUT2D eigenvalue weighted by Gasteiger charge is 2.36. The Bertz CT molecular complexity index is 634. The Kier molecular flexibility index (Phi) is 5.98. The Morgan fingerprint density at radius 2 is 1.89 bits per heavy atom. The van der Waals surface area contributed by atoms with Gasteiger partial charge in [-0.1, -0.05) is 18.2 Å². The minimum atomic E-state index is -0.704. The number of para-hydroxylation sites is 1. The highest BCUT2D eigenvalue weighted by Crippen LogP contribution is 2.34. The van der Waals surface area contributed by atoms with E-state index in [2.05, 4.69) is 34.5 Å². The summed E-state index contributed by atoms with van der Waals surface area (Å²) in [6, 6.07) is 9.26. The van der Waals surface area contributed by atoms with Crippen LogP contribution < -0.4 is 10.1 Å². The molecule has 0 bridgehead atoms. The number of hydrogen-bond acceptors (Lipinski definition) is 4. The van der Waals surface area contributed by atoms with Gasteiger partial charge in [0.1, 0.15) is 5.75 Å². The number of carbonyl (C=O) groups is 1. The lowest BCUT2D eigenvalue weighted by Crippen LogP contribution is -2.54. The van der Waals surface area contributed by atoms with Gasteiger partial charge in [0.25, 0.3) is 0 Å². The van der Waals surface area contributed by atoms with Crippen molar-refractivity contribution in [3.8, 4) is 5.75 Å². The molecule has 27 heavy (non-hydrogen) atoms. The van der Waals surface area contributed by atoms with Crippen molar-refractivity contribution in [2.45, 2.75) is 76.1 Å². The van der Waals surface area contributed by atoms with Crippen LogP contribution in [0.15, 0.2) is 24.3 Å². The molecule has 0 saturated heterocycles. The maximum Gasteiger partial charge on any atom is 0.317 e. The summed E-state index contributed by atoms with van der Waals surface area (Å²) in [4.78, 5) is 13.3. The molecule has 3 aliphatic rings. The molecule has 1 aromatic carbocycles. The Morgan fingerprint density at radius 3 is 2.59 bits per heavy atom. The standard InChI is InChI=1S/C22H32N2O3/c25-22(26)15-24(14-16-9-10-16)19-11-18(12-19)23-13-17-5-1-4-8-21(17)27-20-6-2-3-7-20/h1,4-5,8,16,18-20,23H,2-3,6-7,9-15H2,(H,25,26). The molecule has 4 rings (SSSR count). The highest BCUT2D eigenvalue weighted by molar-refractivity contribution is 5.69. The van der Waals surface area contributed by atoms with E-state index in [1.807, 2.05) is 0 Å². The minimum absolute atomic E-state index is 0.186. The van der Waals surface area contributed by atoms with Crippen molar-refractivity contribution in [1.82, 2.24) is 10.2 Å². The van der Waals surface area contributed by atoms with E-state index in [0.29, 0.717) is 18.2 Å². The molecule has 2 N–H and O–H groups in total. The van der Waals surface area contributed by atoms with Crippen LogP contribution >= 0.6 is 0 Å². The first-order valence-electron chi connectivity index (χ1n) is 10.6. The largest absolute Gasteiger partial charge is 0.490 e. The molecule has 0 unspecified atom stereocenters. The van der Waals surface area contributed by atoms with Gasteiger partial charge >= 0.3 is 5.97 Å². The lowest BCUT2D eigenvalue weighted by Gasteiger charge is -2.43. The maximum absolute atomic E-state index is 11.2. The fourth-order valence-corrected chi connectivity index (χ4v) is 4.41. The third kappa shape index (κ3) is 5.23. The smallest absolute Gasteiger partial charge is 0.317 e. The first kappa shape index (κ1) is 18.8. The lowest BCUT2D eigenvalue weighted by molar-refractivity contribution is -0.139. The van der Waals surface area contributed by atoms with Crippen molar-refractivity contribution in [3.05, 3.63) is 29.8 Å². The molecule has 3 aliphatic carbocycles. The van der Waals surface area contributed by atoms with Crippen molar-refractivity contribution in [2.24, 2.45) is 5.92 Å². The number of nitrogens with one attached hydrogen (secondary N) is 1. The second-order valence-corrected chi connectivity index (χ2v) is 8.60. The first-order valence-corrected chi connectivity index (χ1v) is 10.6. The molecule has 3 saturated carbocycles. The number of aliphatic carboxylic acids is 1. The minimum Gasteiger partial charge on any atom is -0.490 e. The molecule has 0 spiro atoms. The van der Waals surface area contributed by atoms with Crippen LogP contribution in [0.3, 0.4) is 0 Å². The summed E-state index contributed by atoms with van der Waals surface area (Å²) >= 11 is 0. The second kappa shape index (κ2) is 8.61. The topological polar surface area (TPSA) is 61.8 Å². The van der Waals surface area contributed by atoms with Gasteiger partial charge in [0.2, 0.25) is 0 Å². The van der Waals surface area contributed by atoms with Gasteiger partial charge in [-0.3, -0.25) is 9.69 Å². The molecule has 0 amide bonds. The van der Waals surface area contributed by atoms with Crippen LogP contribution in [0.1, 0.15) is 56.9 Å². The number of rotatable bonds is 10. The molecular weight excluding hydrogens is 340 g/mol. The van der Waals surface area contributed by atoms with E-state index >= 15 is 0 Å². The Morgan fingerprint density at radius 1 is 1.15 bits per heavy atom. The van der Waals surface area contributed by atoms with E-state index in [-0.39, 0.29) is 6.54 Å². The zero-order valence-corrected chi connectivity index (χ0v) is 16.1. The van der Waals surface area contributed by atoms with E-state index in [4.69, 9.17) is 4.74 Å². The molecule has 5 heteroatoms. The summed E-state index contributed by atoms with van der Waals surface area (Å²) in [6.45, 7) is 1.97. The zero-order chi connectivity index (χ0) is 18.6. The molecule has 0 aromatic heterocycles. The maximum atomic E-state index is 11.2. The Labute approximate surface area is 162 Å². The van der Waals surface area contributed by atoms with Gasteiger partial charge in [-0.25, -0.2) is 0 Å². The van der Waals surface area contributed by atoms with E-state index < -0.39 is 5.97 Å². The number of hydrogen-bond donors (Lipinski definition) is 2. The molecule has 3 fully saturated rings. The molecule has 0 heterocycles. The number of carboxylic acids is 1. The van der Waals surface area contributed by atoms with E-state index in [9.17, 15) is 9.90 Å². The number of nitrogens with zero attached hydrogens (tertiary/aromatic N) is 1. The fourth-order valence-electron chi connectivity index (χ4n) is 4.41. The predicted octanol–water partition coefficient (Wildman–Crippen LogP) is 3.43. The molecule has 0 atom stereocenters. The van der Waals surface area contributed by atoms with Gasteiger partial charge in [0, 0.05) is 30.7 Å². The average molecular weight is 373 g/mol. The predicted molar refractivity (Wildman–Crippen MR) is 105 cm³/mol. The summed E-state index contributed by atoms with van der Waals surface area (Å²) in [6.07, 6.45) is 9.91. The first-order chi connectivity index (χ1) is 13.2. The SMILES string of the molecule is O=C(O)CN(CC1CC1)C1CC(NCc2ccccc2OC2CCCC2)C1. The summed E-state index contributed by atoms with van der Waals surface area (Å²) in [7, 11) is 0. The third-order valence-corrected chi connectivity index (χ3v) is 6.31. The monoisotopic (exact) mass is 372 g/mol. The van der Waals surface area contributed by atoms with Gasteiger partial charge in [-0.15, -0.1) is 0 Å². The fraction of sp³-hybridized carbons (Fsp3) is 0.682. The van der Waals surface area contributed by atoms with Crippen LogP contribution in [-0.2, 0) is 11.3 Å². The van der Waals surface area contributed by atoms with Crippen molar-refractivity contribution >= 4 is 5.97 Å². The highest BCUT2D eigenvalue weighted by atomic mass is 16.5. The lowest BCUT2D eigenvalue weighted by atomic mass is 9.85. The zero-order valence-electron chi connectivity index (χ0n) is 16.1. The number of benzene rings is 1. The Hall–Kier alpha value is -1.59. The molecule has 1 aromatic rings. The van der Waals surface area contributed by atoms with Gasteiger partial charge in [0.15, 0.2) is 0 Å². The van der Waals surface area contributed by atoms with Gasteiger partial charge in [-0.2, -0.15) is 0 Å². The van der Waals surface area contributed by atoms with E-state index in [0.717, 1.165) is 37.6 Å². The van der Waals surface area contributed by atoms with Crippen molar-refractivity contribution < 1.29 is 14.6 Å². The normalized spacial score (nSPS) is 25.5. The molecule has 5 nitrogen and oxygen atoms in total. The summed E-state index contributed by atoms with van der Waals surface area (Å²) in [5.74, 6) is 1.05. The average Bonchev–Trinajstić information content (AvgIpc) is 3.27. The van der Waals surface area contributed by atoms with Gasteiger partial charge in [-0.05, 0) is 63.4 Å². The van der Waals surface area contributed by atoms with Crippen LogP contribution in [-0.4, -0.2) is 47.3 Å². The van der Waals surface area contributed by atoms with Crippen molar-refractivity contribution in [3.63, 3.8) is 0 Å². The summed E-state index contributed by atoms with van der Waals surface area (Å²) in [5, 5.41) is 12.8. The van der Waals surface area contributed by atoms with Crippen LogP contribution in [0.4, 0.5) is 0 Å². The van der Waals surface area contributed by atoms with E-state index in [1.54, 1.807) is 0 Å².